The van der Waals surface area contributed by atoms with E-state index in [1.165, 1.54) is 12.1 Å². The maximum absolute atomic E-state index is 12.7. The van der Waals surface area contributed by atoms with Crippen LogP contribution in [0.5, 0.6) is 0 Å². The summed E-state index contributed by atoms with van der Waals surface area (Å²) in [5, 5.41) is 11.9. The van der Waals surface area contributed by atoms with E-state index in [-0.39, 0.29) is 17.4 Å². The summed E-state index contributed by atoms with van der Waals surface area (Å²) in [4.78, 5) is 37.7. The quantitative estimate of drug-likeness (QED) is 0.868. The summed E-state index contributed by atoms with van der Waals surface area (Å²) in [6.45, 7) is 4.35. The molecule has 6 nitrogen and oxygen atoms in total. The van der Waals surface area contributed by atoms with Crippen LogP contribution in [0.1, 0.15) is 54.9 Å². The van der Waals surface area contributed by atoms with Gasteiger partial charge in [0.1, 0.15) is 6.04 Å². The van der Waals surface area contributed by atoms with Crippen molar-refractivity contribution in [3.63, 3.8) is 0 Å². The Kier molecular flexibility index (Phi) is 5.95. The third kappa shape index (κ3) is 4.13. The summed E-state index contributed by atoms with van der Waals surface area (Å²) in [6, 6.07) is 4.15. The van der Waals surface area contributed by atoms with E-state index in [0.29, 0.717) is 25.1 Å². The minimum Gasteiger partial charge on any atom is -0.478 e. The highest BCUT2D eigenvalue weighted by molar-refractivity contribution is 5.99. The molecule has 2 N–H and O–H groups in total. The van der Waals surface area contributed by atoms with Gasteiger partial charge in [-0.25, -0.2) is 4.79 Å². The summed E-state index contributed by atoms with van der Waals surface area (Å²) in [5.74, 6) is -1.28. The Balaban J connectivity index is 2.16. The molecule has 1 aliphatic heterocycles. The van der Waals surface area contributed by atoms with E-state index < -0.39 is 12.0 Å². The smallest absolute Gasteiger partial charge is 0.335 e. The van der Waals surface area contributed by atoms with Gasteiger partial charge in [-0.2, -0.15) is 0 Å². The summed E-state index contributed by atoms with van der Waals surface area (Å²) in [7, 11) is 0. The minimum atomic E-state index is -1.04. The van der Waals surface area contributed by atoms with E-state index in [1.807, 2.05) is 13.8 Å². The molecule has 0 aromatic heterocycles. The first kappa shape index (κ1) is 18.0. The summed E-state index contributed by atoms with van der Waals surface area (Å²) >= 11 is 0. The van der Waals surface area contributed by atoms with Crippen LogP contribution in [0.4, 0.5) is 5.69 Å². The standard InChI is InChI=1S/C18H24N2O4/c1-3-6-16(21)20-10-5-4-7-15(20)17(22)19-14-11-13(18(23)24)9-8-12(14)2/h8-9,11,15H,3-7,10H2,1-2H3,(H,19,22)(H,23,24). The predicted molar refractivity (Wildman–Crippen MR) is 91.0 cm³/mol. The van der Waals surface area contributed by atoms with Gasteiger partial charge in [-0.05, 0) is 50.3 Å². The molecule has 24 heavy (non-hydrogen) atoms. The van der Waals surface area contributed by atoms with E-state index in [4.69, 9.17) is 5.11 Å². The number of likely N-dealkylation sites (tertiary alicyclic amines) is 1. The first-order valence-corrected chi connectivity index (χ1v) is 8.38. The van der Waals surface area contributed by atoms with Crippen LogP contribution in [0.15, 0.2) is 18.2 Å². The van der Waals surface area contributed by atoms with Crippen molar-refractivity contribution >= 4 is 23.5 Å². The van der Waals surface area contributed by atoms with Gasteiger partial charge in [-0.3, -0.25) is 9.59 Å². The summed E-state index contributed by atoms with van der Waals surface area (Å²) in [5.41, 5.74) is 1.39. The number of carboxylic acids is 1. The Hall–Kier alpha value is -2.37. The minimum absolute atomic E-state index is 0.00774. The van der Waals surface area contributed by atoms with Crippen LogP contribution >= 0.6 is 0 Å². The topological polar surface area (TPSA) is 86.7 Å². The number of amides is 2. The number of anilines is 1. The van der Waals surface area contributed by atoms with Gasteiger partial charge in [0.25, 0.3) is 0 Å². The molecular weight excluding hydrogens is 308 g/mol. The van der Waals surface area contributed by atoms with Gasteiger partial charge in [0, 0.05) is 18.7 Å². The average molecular weight is 332 g/mol. The Bertz CT molecular complexity index is 642. The highest BCUT2D eigenvalue weighted by Crippen LogP contribution is 2.22. The number of aromatic carboxylic acids is 1. The molecule has 1 aromatic rings. The van der Waals surface area contributed by atoms with Crippen molar-refractivity contribution in [3.05, 3.63) is 29.3 Å². The third-order valence-electron chi connectivity index (χ3n) is 4.33. The molecular formula is C18H24N2O4. The number of aryl methyl sites for hydroxylation is 1. The van der Waals surface area contributed by atoms with Gasteiger partial charge >= 0.3 is 5.97 Å². The molecule has 1 aliphatic rings. The lowest BCUT2D eigenvalue weighted by molar-refractivity contribution is -0.140. The second kappa shape index (κ2) is 7.95. The van der Waals surface area contributed by atoms with Gasteiger partial charge in [-0.1, -0.05) is 13.0 Å². The molecule has 2 rings (SSSR count). The number of carbonyl (C=O) groups is 3. The number of rotatable bonds is 5. The third-order valence-corrected chi connectivity index (χ3v) is 4.33. The molecule has 0 spiro atoms. The fraction of sp³-hybridized carbons (Fsp3) is 0.500. The second-order valence-electron chi connectivity index (χ2n) is 6.17. The lowest BCUT2D eigenvalue weighted by Crippen LogP contribution is -2.50. The fourth-order valence-corrected chi connectivity index (χ4v) is 2.97. The van der Waals surface area contributed by atoms with Gasteiger partial charge < -0.3 is 15.3 Å². The predicted octanol–water partition coefficient (Wildman–Crippen LogP) is 2.81. The average Bonchev–Trinajstić information content (AvgIpc) is 2.56. The number of nitrogens with one attached hydrogen (secondary N) is 1. The van der Waals surface area contributed by atoms with Gasteiger partial charge in [0.2, 0.25) is 11.8 Å². The van der Waals surface area contributed by atoms with E-state index in [1.54, 1.807) is 11.0 Å². The van der Waals surface area contributed by atoms with Crippen LogP contribution in [-0.4, -0.2) is 40.4 Å². The molecule has 1 atom stereocenters. The lowest BCUT2D eigenvalue weighted by atomic mass is 10.00. The van der Waals surface area contributed by atoms with Crippen LogP contribution in [0.3, 0.4) is 0 Å². The van der Waals surface area contributed by atoms with Crippen molar-refractivity contribution < 1.29 is 19.5 Å². The van der Waals surface area contributed by atoms with Crippen molar-refractivity contribution in [2.45, 2.75) is 52.0 Å². The molecule has 0 aliphatic carbocycles. The number of hydrogen-bond acceptors (Lipinski definition) is 3. The molecule has 0 saturated carbocycles. The molecule has 2 amide bonds. The van der Waals surface area contributed by atoms with Crippen molar-refractivity contribution in [2.75, 3.05) is 11.9 Å². The number of piperidine rings is 1. The van der Waals surface area contributed by atoms with E-state index in [9.17, 15) is 14.4 Å². The van der Waals surface area contributed by atoms with Crippen LogP contribution in [0.2, 0.25) is 0 Å². The normalized spacial score (nSPS) is 17.4. The number of carboxylic acid groups (broad SMARTS) is 1. The fourth-order valence-electron chi connectivity index (χ4n) is 2.97. The maximum Gasteiger partial charge on any atom is 0.335 e. The second-order valence-corrected chi connectivity index (χ2v) is 6.17. The summed E-state index contributed by atoms with van der Waals surface area (Å²) in [6.07, 6.45) is 3.65. The van der Waals surface area contributed by atoms with Gasteiger partial charge in [0.05, 0.1) is 5.56 Å². The van der Waals surface area contributed by atoms with Crippen molar-refractivity contribution in [1.82, 2.24) is 4.90 Å². The van der Waals surface area contributed by atoms with Gasteiger partial charge in [-0.15, -0.1) is 0 Å². The highest BCUT2D eigenvalue weighted by atomic mass is 16.4. The Labute approximate surface area is 141 Å². The lowest BCUT2D eigenvalue weighted by Gasteiger charge is -2.35. The first-order chi connectivity index (χ1) is 11.4. The largest absolute Gasteiger partial charge is 0.478 e. The maximum atomic E-state index is 12.7. The molecule has 1 unspecified atom stereocenters. The van der Waals surface area contributed by atoms with Crippen molar-refractivity contribution in [2.24, 2.45) is 0 Å². The Morgan fingerprint density at radius 1 is 1.29 bits per heavy atom. The van der Waals surface area contributed by atoms with Crippen LogP contribution < -0.4 is 5.32 Å². The SMILES string of the molecule is CCCC(=O)N1CCCCC1C(=O)Nc1cc(C(=O)O)ccc1C. The van der Waals surface area contributed by atoms with E-state index in [0.717, 1.165) is 24.8 Å². The number of nitrogens with zero attached hydrogens (tertiary/aromatic N) is 1. The Morgan fingerprint density at radius 3 is 2.71 bits per heavy atom. The number of hydrogen-bond donors (Lipinski definition) is 2. The van der Waals surface area contributed by atoms with Gasteiger partial charge in [0.15, 0.2) is 0 Å². The van der Waals surface area contributed by atoms with Crippen molar-refractivity contribution in [1.29, 1.82) is 0 Å². The van der Waals surface area contributed by atoms with E-state index in [2.05, 4.69) is 5.32 Å². The molecule has 130 valence electrons. The zero-order valence-corrected chi connectivity index (χ0v) is 14.2. The molecule has 1 fully saturated rings. The summed E-state index contributed by atoms with van der Waals surface area (Å²) < 4.78 is 0. The molecule has 1 heterocycles. The molecule has 0 bridgehead atoms. The van der Waals surface area contributed by atoms with Crippen LogP contribution in [0.25, 0.3) is 0 Å². The number of carbonyl (C=O) groups excluding carboxylic acids is 2. The first-order valence-electron chi connectivity index (χ1n) is 8.38. The zero-order chi connectivity index (χ0) is 17.7. The number of benzene rings is 1. The van der Waals surface area contributed by atoms with Crippen molar-refractivity contribution in [3.8, 4) is 0 Å². The molecule has 1 saturated heterocycles. The molecule has 0 radical (unpaired) electrons. The van der Waals surface area contributed by atoms with E-state index >= 15 is 0 Å². The molecule has 1 aromatic carbocycles. The Morgan fingerprint density at radius 2 is 2.04 bits per heavy atom. The monoisotopic (exact) mass is 332 g/mol. The zero-order valence-electron chi connectivity index (χ0n) is 14.2. The van der Waals surface area contributed by atoms with Crippen LogP contribution in [0, 0.1) is 6.92 Å². The van der Waals surface area contributed by atoms with Crippen LogP contribution in [-0.2, 0) is 9.59 Å². The highest BCUT2D eigenvalue weighted by Gasteiger charge is 2.31. The molecule has 6 heteroatoms.